The van der Waals surface area contributed by atoms with Gasteiger partial charge in [-0.1, -0.05) is 17.7 Å². The number of nitrogens with zero attached hydrogens (tertiary/aromatic N) is 2. The highest BCUT2D eigenvalue weighted by Gasteiger charge is 2.10. The summed E-state index contributed by atoms with van der Waals surface area (Å²) in [6, 6.07) is 3.31. The van der Waals surface area contributed by atoms with Crippen LogP contribution in [-0.4, -0.2) is 14.3 Å². The lowest BCUT2D eigenvalue weighted by atomic mass is 10.1. The largest absolute Gasteiger partial charge is 0.392 e. The smallest absolute Gasteiger partial charge is 0.188 e. The predicted octanol–water partition coefficient (Wildman–Crippen LogP) is 2.56. The van der Waals surface area contributed by atoms with Gasteiger partial charge in [0.05, 0.1) is 17.8 Å². The molecule has 0 aliphatic heterocycles. The number of fused-ring (bicyclic) bond motifs is 1. The van der Waals surface area contributed by atoms with Crippen molar-refractivity contribution in [3.05, 3.63) is 28.9 Å². The van der Waals surface area contributed by atoms with Gasteiger partial charge in [0.15, 0.2) is 12.3 Å². The predicted molar refractivity (Wildman–Crippen MR) is 54.8 cm³/mol. The summed E-state index contributed by atoms with van der Waals surface area (Å²) in [5, 5.41) is 13.9. The van der Waals surface area contributed by atoms with E-state index in [0.717, 1.165) is 4.09 Å². The van der Waals surface area contributed by atoms with Gasteiger partial charge in [-0.3, -0.25) is 0 Å². The van der Waals surface area contributed by atoms with Crippen LogP contribution in [0.2, 0.25) is 5.02 Å². The number of aromatic nitrogens is 2. The van der Waals surface area contributed by atoms with Gasteiger partial charge in [-0.2, -0.15) is 9.19 Å². The molecule has 14 heavy (non-hydrogen) atoms. The first-order valence-electron chi connectivity index (χ1n) is 3.83. The molecule has 0 aliphatic carbocycles. The molecule has 0 saturated heterocycles. The van der Waals surface area contributed by atoms with Crippen molar-refractivity contribution < 1.29 is 8.99 Å². The van der Waals surface area contributed by atoms with E-state index in [9.17, 15) is 3.89 Å². The molecular formula is C8H6ClFN2OS. The van der Waals surface area contributed by atoms with Crippen molar-refractivity contribution in [1.82, 2.24) is 9.19 Å². The Kier molecular flexibility index (Phi) is 2.62. The third-order valence-corrected chi connectivity index (χ3v) is 2.69. The number of rotatable bonds is 2. The quantitative estimate of drug-likeness (QED) is 0.865. The van der Waals surface area contributed by atoms with Gasteiger partial charge in [0.1, 0.15) is 5.52 Å². The van der Waals surface area contributed by atoms with E-state index in [-0.39, 0.29) is 18.9 Å². The van der Waals surface area contributed by atoms with Crippen LogP contribution in [0.1, 0.15) is 5.56 Å². The summed E-state index contributed by atoms with van der Waals surface area (Å²) in [5.74, 6) is 0. The van der Waals surface area contributed by atoms with Crippen molar-refractivity contribution in [1.29, 1.82) is 0 Å². The van der Waals surface area contributed by atoms with Crippen molar-refractivity contribution in [2.45, 2.75) is 6.61 Å². The Hall–Kier alpha value is -0.780. The monoisotopic (exact) mass is 232 g/mol. The Morgan fingerprint density at radius 3 is 3.00 bits per heavy atom. The maximum Gasteiger partial charge on any atom is 0.188 e. The van der Waals surface area contributed by atoms with E-state index in [1.807, 2.05) is 0 Å². The van der Waals surface area contributed by atoms with E-state index in [1.54, 1.807) is 12.1 Å². The summed E-state index contributed by atoms with van der Waals surface area (Å²) in [7, 11) is 0. The third-order valence-electron chi connectivity index (χ3n) is 1.98. The number of hydrogen-bond acceptors (Lipinski definition) is 3. The summed E-state index contributed by atoms with van der Waals surface area (Å²) in [5.41, 5.74) is 1.18. The fourth-order valence-electron chi connectivity index (χ4n) is 1.32. The number of aliphatic hydroxyl groups excluding tert-OH is 1. The zero-order valence-corrected chi connectivity index (χ0v) is 8.52. The maximum absolute atomic E-state index is 12.4. The molecule has 74 valence electrons. The molecule has 0 saturated carbocycles. The van der Waals surface area contributed by atoms with Crippen LogP contribution < -0.4 is 0 Å². The summed E-state index contributed by atoms with van der Waals surface area (Å²) in [6.45, 7) is -0.115. The van der Waals surface area contributed by atoms with E-state index in [0.29, 0.717) is 21.5 Å². The van der Waals surface area contributed by atoms with Crippen LogP contribution in [0.3, 0.4) is 0 Å². The van der Waals surface area contributed by atoms with Crippen molar-refractivity contribution >= 4 is 34.8 Å². The second-order valence-electron chi connectivity index (χ2n) is 2.71. The Balaban J connectivity index is 2.80. The summed E-state index contributed by atoms with van der Waals surface area (Å²) >= 11 is 5.87. The van der Waals surface area contributed by atoms with Gasteiger partial charge in [-0.15, -0.1) is 3.89 Å². The molecule has 0 bridgehead atoms. The summed E-state index contributed by atoms with van der Waals surface area (Å²) < 4.78 is 13.5. The zero-order chi connectivity index (χ0) is 10.1. The fraction of sp³-hybridized carbons (Fsp3) is 0.125. The molecule has 1 aromatic carbocycles. The molecule has 0 spiro atoms. The molecule has 0 atom stereocenters. The summed E-state index contributed by atoms with van der Waals surface area (Å²) in [4.78, 5) is 0. The van der Waals surface area contributed by atoms with Crippen LogP contribution in [0, 0.1) is 0 Å². The second-order valence-corrected chi connectivity index (χ2v) is 3.60. The third kappa shape index (κ3) is 1.37. The minimum absolute atomic E-state index is 0.0222. The molecule has 0 aliphatic rings. The molecule has 1 N–H and O–H groups in total. The van der Waals surface area contributed by atoms with E-state index < -0.39 is 0 Å². The molecule has 3 nitrogen and oxygen atoms in total. The molecule has 0 unspecified atom stereocenters. The molecule has 6 heteroatoms. The van der Waals surface area contributed by atoms with Gasteiger partial charge in [0.25, 0.3) is 0 Å². The Morgan fingerprint density at radius 2 is 2.36 bits per heavy atom. The molecule has 1 aromatic heterocycles. The Morgan fingerprint density at radius 1 is 1.57 bits per heavy atom. The average molecular weight is 233 g/mol. The van der Waals surface area contributed by atoms with Gasteiger partial charge in [0.2, 0.25) is 0 Å². The normalized spacial score (nSPS) is 11.1. The molecule has 2 rings (SSSR count). The minimum atomic E-state index is -0.115. The van der Waals surface area contributed by atoms with Gasteiger partial charge in [-0.05, 0) is 11.6 Å². The molecule has 1 heterocycles. The van der Waals surface area contributed by atoms with E-state index in [2.05, 4.69) is 5.10 Å². The van der Waals surface area contributed by atoms with Gasteiger partial charge < -0.3 is 5.11 Å². The number of aliphatic hydroxyl groups is 1. The Labute approximate surface area is 88.9 Å². The van der Waals surface area contributed by atoms with Gasteiger partial charge in [0, 0.05) is 5.39 Å². The lowest BCUT2D eigenvalue weighted by Crippen LogP contribution is -1.88. The zero-order valence-electron chi connectivity index (χ0n) is 6.94. The number of hydrogen-bond donors (Lipinski definition) is 1. The lowest BCUT2D eigenvalue weighted by molar-refractivity contribution is 0.283. The minimum Gasteiger partial charge on any atom is -0.392 e. The van der Waals surface area contributed by atoms with Crippen molar-refractivity contribution in [3.63, 3.8) is 0 Å². The van der Waals surface area contributed by atoms with Gasteiger partial charge in [-0.25, -0.2) is 0 Å². The standard InChI is InChI=1S/C8H6ClFN2OS/c9-7-2-1-5(4-13)6-3-11-12(14-10)8(6)7/h1-3,13H,4H2. The Bertz CT molecular complexity index is 474. The SMILES string of the molecule is OCc1ccc(Cl)c2c1cnn2SF. The average Bonchev–Trinajstić information content (AvgIpc) is 2.63. The van der Waals surface area contributed by atoms with E-state index >= 15 is 0 Å². The highest BCUT2D eigenvalue weighted by atomic mass is 35.5. The lowest BCUT2D eigenvalue weighted by Gasteiger charge is -2.01. The molecular weight excluding hydrogens is 227 g/mol. The van der Waals surface area contributed by atoms with Crippen LogP contribution in [0.5, 0.6) is 0 Å². The van der Waals surface area contributed by atoms with Crippen LogP contribution in [0.15, 0.2) is 18.3 Å². The van der Waals surface area contributed by atoms with Crippen LogP contribution in [-0.2, 0) is 6.61 Å². The number of halogens is 2. The number of benzene rings is 1. The first kappa shape index (κ1) is 9.76. The first-order valence-corrected chi connectivity index (χ1v) is 4.88. The highest BCUT2D eigenvalue weighted by Crippen LogP contribution is 2.29. The summed E-state index contributed by atoms with van der Waals surface area (Å²) in [6.07, 6.45) is 1.49. The maximum atomic E-state index is 12.4. The second kappa shape index (κ2) is 3.76. The first-order chi connectivity index (χ1) is 6.77. The van der Waals surface area contributed by atoms with Gasteiger partial charge >= 0.3 is 0 Å². The van der Waals surface area contributed by atoms with Crippen LogP contribution in [0.25, 0.3) is 10.9 Å². The molecule has 0 radical (unpaired) electrons. The van der Waals surface area contributed by atoms with Crippen LogP contribution in [0.4, 0.5) is 3.89 Å². The van der Waals surface area contributed by atoms with E-state index in [4.69, 9.17) is 16.7 Å². The fourth-order valence-corrected chi connectivity index (χ4v) is 1.96. The molecule has 2 aromatic rings. The van der Waals surface area contributed by atoms with E-state index in [1.165, 1.54) is 6.20 Å². The van der Waals surface area contributed by atoms with Crippen LogP contribution >= 0.6 is 23.9 Å². The van der Waals surface area contributed by atoms with Crippen molar-refractivity contribution in [2.24, 2.45) is 0 Å². The molecule has 0 amide bonds. The topological polar surface area (TPSA) is 38.1 Å². The van der Waals surface area contributed by atoms with Crippen molar-refractivity contribution in [2.75, 3.05) is 0 Å². The molecule has 0 fully saturated rings. The van der Waals surface area contributed by atoms with Crippen molar-refractivity contribution in [3.8, 4) is 0 Å². The highest BCUT2D eigenvalue weighted by molar-refractivity contribution is 7.92.